The number of carbonyl (C=O) groups excluding carboxylic acids is 1. The highest BCUT2D eigenvalue weighted by atomic mass is 19.4. The Bertz CT molecular complexity index is 1010. The van der Waals surface area contributed by atoms with Crippen molar-refractivity contribution in [1.82, 2.24) is 9.97 Å². The zero-order valence-corrected chi connectivity index (χ0v) is 12.5. The van der Waals surface area contributed by atoms with Gasteiger partial charge in [-0.05, 0) is 18.4 Å². The third-order valence-corrected chi connectivity index (χ3v) is 3.59. The summed E-state index contributed by atoms with van der Waals surface area (Å²) < 4.78 is 78.4. The van der Waals surface area contributed by atoms with Crippen LogP contribution in [-0.2, 0) is 6.18 Å². The summed E-state index contributed by atoms with van der Waals surface area (Å²) in [5.41, 5.74) is -2.40. The van der Waals surface area contributed by atoms with Gasteiger partial charge in [-0.2, -0.15) is 26.3 Å². The van der Waals surface area contributed by atoms with Gasteiger partial charge in [-0.1, -0.05) is 24.3 Å². The van der Waals surface area contributed by atoms with Crippen molar-refractivity contribution in [3.05, 3.63) is 47.4 Å². The highest BCUT2D eigenvalue weighted by Gasteiger charge is 2.41. The summed E-state index contributed by atoms with van der Waals surface area (Å²) in [5.74, 6) is -2.40. The standard InChI is InChI=1S/C16H8F6N2O/c1-7-23-12-9-5-3-2-4-8(9)10(14(25)16(20,21)22)6-11(12)13(24-7)15(17,18)19/h2-6H,1H3. The molecule has 0 aliphatic heterocycles. The number of benzene rings is 2. The molecular formula is C16H8F6N2O. The third kappa shape index (κ3) is 2.90. The molecule has 3 nitrogen and oxygen atoms in total. The van der Waals surface area contributed by atoms with E-state index in [1.165, 1.54) is 31.2 Å². The highest BCUT2D eigenvalue weighted by Crippen LogP contribution is 2.38. The Balaban J connectivity index is 2.53. The van der Waals surface area contributed by atoms with E-state index < -0.39 is 34.8 Å². The number of aryl methyl sites for hydroxylation is 1. The SMILES string of the molecule is Cc1nc(C(F)(F)F)c2cc(C(=O)C(F)(F)F)c3ccccc3c2n1. The molecule has 0 radical (unpaired) electrons. The van der Waals surface area contributed by atoms with Gasteiger partial charge in [-0.25, -0.2) is 9.97 Å². The van der Waals surface area contributed by atoms with Crippen LogP contribution in [0.2, 0.25) is 0 Å². The molecule has 0 aliphatic rings. The first kappa shape index (κ1) is 17.1. The lowest BCUT2D eigenvalue weighted by atomic mass is 9.96. The topological polar surface area (TPSA) is 42.9 Å². The first-order chi connectivity index (χ1) is 11.5. The van der Waals surface area contributed by atoms with Gasteiger partial charge in [0.2, 0.25) is 0 Å². The smallest absolute Gasteiger partial charge is 0.284 e. The lowest BCUT2D eigenvalue weighted by molar-refractivity contribution is -0.139. The number of halogens is 6. The number of nitrogens with zero attached hydrogens (tertiary/aromatic N) is 2. The van der Waals surface area contributed by atoms with Gasteiger partial charge in [0.15, 0.2) is 5.69 Å². The number of hydrogen-bond acceptors (Lipinski definition) is 3. The second-order valence-corrected chi connectivity index (χ2v) is 5.31. The summed E-state index contributed by atoms with van der Waals surface area (Å²) >= 11 is 0. The van der Waals surface area contributed by atoms with Crippen LogP contribution in [-0.4, -0.2) is 21.9 Å². The van der Waals surface area contributed by atoms with Crippen molar-refractivity contribution in [2.75, 3.05) is 0 Å². The van der Waals surface area contributed by atoms with E-state index in [0.717, 1.165) is 0 Å². The molecule has 1 aromatic heterocycles. The molecule has 1 heterocycles. The van der Waals surface area contributed by atoms with Crippen molar-refractivity contribution in [3.63, 3.8) is 0 Å². The fraction of sp³-hybridized carbons (Fsp3) is 0.188. The van der Waals surface area contributed by atoms with E-state index in [9.17, 15) is 31.1 Å². The van der Waals surface area contributed by atoms with Gasteiger partial charge in [-0.3, -0.25) is 4.79 Å². The van der Waals surface area contributed by atoms with E-state index in [0.29, 0.717) is 6.07 Å². The van der Waals surface area contributed by atoms with Crippen LogP contribution in [0.5, 0.6) is 0 Å². The quantitative estimate of drug-likeness (QED) is 0.355. The van der Waals surface area contributed by atoms with E-state index in [1.807, 2.05) is 0 Å². The number of aromatic nitrogens is 2. The largest absolute Gasteiger partial charge is 0.454 e. The Morgan fingerprint density at radius 1 is 0.920 bits per heavy atom. The molecule has 0 spiro atoms. The van der Waals surface area contributed by atoms with Gasteiger partial charge < -0.3 is 0 Å². The summed E-state index contributed by atoms with van der Waals surface area (Å²) in [5, 5.41) is -0.753. The highest BCUT2D eigenvalue weighted by molar-refractivity contribution is 6.18. The van der Waals surface area contributed by atoms with Crippen LogP contribution in [0, 0.1) is 6.92 Å². The first-order valence-electron chi connectivity index (χ1n) is 6.89. The van der Waals surface area contributed by atoms with Crippen LogP contribution in [0.4, 0.5) is 26.3 Å². The number of rotatable bonds is 1. The molecular weight excluding hydrogens is 350 g/mol. The van der Waals surface area contributed by atoms with Crippen LogP contribution >= 0.6 is 0 Å². The minimum atomic E-state index is -5.22. The maximum absolute atomic E-state index is 13.3. The van der Waals surface area contributed by atoms with Crippen LogP contribution in [0.25, 0.3) is 21.7 Å². The summed E-state index contributed by atoms with van der Waals surface area (Å²) in [4.78, 5) is 19.0. The van der Waals surface area contributed by atoms with Gasteiger partial charge in [-0.15, -0.1) is 0 Å². The van der Waals surface area contributed by atoms with Crippen LogP contribution in [0.1, 0.15) is 21.9 Å². The zero-order chi connectivity index (χ0) is 18.6. The van der Waals surface area contributed by atoms with Gasteiger partial charge in [0.1, 0.15) is 5.82 Å². The molecule has 25 heavy (non-hydrogen) atoms. The van der Waals surface area contributed by atoms with Crippen LogP contribution in [0.3, 0.4) is 0 Å². The molecule has 0 bridgehead atoms. The molecule has 0 atom stereocenters. The van der Waals surface area contributed by atoms with E-state index >= 15 is 0 Å². The molecule has 3 aromatic rings. The summed E-state index contributed by atoms with van der Waals surface area (Å²) in [6, 6.07) is 5.94. The maximum atomic E-state index is 13.3. The van der Waals surface area contributed by atoms with E-state index in [-0.39, 0.29) is 22.1 Å². The number of Topliss-reactive ketones (excluding diaryl/α,β-unsaturated/α-hetero) is 1. The monoisotopic (exact) mass is 358 g/mol. The Morgan fingerprint density at radius 3 is 2.08 bits per heavy atom. The van der Waals surface area contributed by atoms with Crippen molar-refractivity contribution >= 4 is 27.5 Å². The molecule has 9 heteroatoms. The summed E-state index contributed by atoms with van der Waals surface area (Å²) in [6.07, 6.45) is -10.1. The van der Waals surface area contributed by atoms with Crippen LogP contribution < -0.4 is 0 Å². The number of hydrogen-bond donors (Lipinski definition) is 0. The fourth-order valence-electron chi connectivity index (χ4n) is 2.63. The number of ketones is 1. The average molecular weight is 358 g/mol. The van der Waals surface area contributed by atoms with Gasteiger partial charge >= 0.3 is 12.4 Å². The summed E-state index contributed by atoms with van der Waals surface area (Å²) in [6.45, 7) is 1.25. The van der Waals surface area contributed by atoms with Crippen LogP contribution in [0.15, 0.2) is 30.3 Å². The Morgan fingerprint density at radius 2 is 1.52 bits per heavy atom. The Kier molecular flexibility index (Phi) is 3.70. The van der Waals surface area contributed by atoms with E-state index in [4.69, 9.17) is 0 Å². The molecule has 0 amide bonds. The lowest BCUT2D eigenvalue weighted by Gasteiger charge is -2.15. The molecule has 0 aliphatic carbocycles. The molecule has 0 N–H and O–H groups in total. The van der Waals surface area contributed by atoms with Gasteiger partial charge in [0.05, 0.1) is 5.52 Å². The van der Waals surface area contributed by atoms with E-state index in [2.05, 4.69) is 9.97 Å². The maximum Gasteiger partial charge on any atom is 0.454 e. The Labute approximate surface area is 136 Å². The fourth-order valence-corrected chi connectivity index (χ4v) is 2.63. The van der Waals surface area contributed by atoms with Crippen molar-refractivity contribution in [2.45, 2.75) is 19.3 Å². The molecule has 0 saturated heterocycles. The summed E-state index contributed by atoms with van der Waals surface area (Å²) in [7, 11) is 0. The molecule has 3 rings (SSSR count). The molecule has 0 fully saturated rings. The van der Waals surface area contributed by atoms with Gasteiger partial charge in [0, 0.05) is 16.3 Å². The van der Waals surface area contributed by atoms with E-state index in [1.54, 1.807) is 0 Å². The predicted octanol–water partition coefficient (Wildman–Crippen LogP) is 4.86. The molecule has 0 saturated carbocycles. The first-order valence-corrected chi connectivity index (χ1v) is 6.89. The van der Waals surface area contributed by atoms with Crippen molar-refractivity contribution < 1.29 is 31.1 Å². The molecule has 130 valence electrons. The average Bonchev–Trinajstić information content (AvgIpc) is 2.51. The van der Waals surface area contributed by atoms with Crippen molar-refractivity contribution in [2.24, 2.45) is 0 Å². The second-order valence-electron chi connectivity index (χ2n) is 5.31. The van der Waals surface area contributed by atoms with Crippen molar-refractivity contribution in [1.29, 1.82) is 0 Å². The normalized spacial score (nSPS) is 12.8. The predicted molar refractivity (Wildman–Crippen MR) is 77.2 cm³/mol. The minimum Gasteiger partial charge on any atom is -0.284 e. The van der Waals surface area contributed by atoms with Gasteiger partial charge in [0.25, 0.3) is 5.78 Å². The number of alkyl halides is 6. The number of carbonyl (C=O) groups is 1. The minimum absolute atomic E-state index is 0.0172. The third-order valence-electron chi connectivity index (χ3n) is 3.59. The molecule has 0 unspecified atom stereocenters. The second kappa shape index (κ2) is 5.40. The van der Waals surface area contributed by atoms with Crippen molar-refractivity contribution in [3.8, 4) is 0 Å². The zero-order valence-electron chi connectivity index (χ0n) is 12.5. The lowest BCUT2D eigenvalue weighted by Crippen LogP contribution is -2.23. The Hall–Kier alpha value is -2.71. The number of fused-ring (bicyclic) bond motifs is 3. The molecule has 2 aromatic carbocycles.